The number of rotatable bonds is 4. The summed E-state index contributed by atoms with van der Waals surface area (Å²) in [6.45, 7) is 13.6. The number of aromatic nitrogens is 1. The molecule has 2 nitrogen and oxygen atoms in total. The SMILES string of the molecule is C=Nc1c(C(=C)Br)ccn1Sc1ccc(C)cc1.CC. The standard InChI is InChI=1S/C14H13BrN2S.C2H6/c1-10-4-6-12(7-5-10)18-17-9-8-13(11(2)15)14(17)16-3;1-2/h4-9H,2-3H2,1H3;1-2H3. The third-order valence-corrected chi connectivity index (χ3v) is 3.89. The van der Waals surface area contributed by atoms with Gasteiger partial charge in [-0.3, -0.25) is 3.97 Å². The minimum atomic E-state index is 0.808. The first kappa shape index (κ1) is 16.8. The number of benzene rings is 1. The molecule has 0 amide bonds. The topological polar surface area (TPSA) is 17.3 Å². The van der Waals surface area contributed by atoms with Gasteiger partial charge in [-0.05, 0) is 43.8 Å². The van der Waals surface area contributed by atoms with Gasteiger partial charge in [-0.15, -0.1) is 0 Å². The fraction of sp³-hybridized carbons (Fsp3) is 0.188. The molecular formula is C16H19BrN2S. The summed E-state index contributed by atoms with van der Waals surface area (Å²) in [5, 5.41) is 0. The van der Waals surface area contributed by atoms with Crippen LogP contribution in [0.1, 0.15) is 25.0 Å². The molecule has 2 aromatic rings. The van der Waals surface area contributed by atoms with Crippen molar-refractivity contribution in [1.29, 1.82) is 0 Å². The molecule has 1 heterocycles. The fourth-order valence-corrected chi connectivity index (χ4v) is 2.72. The summed E-state index contributed by atoms with van der Waals surface area (Å²) in [6.07, 6.45) is 1.97. The number of hydrogen-bond acceptors (Lipinski definition) is 2. The van der Waals surface area contributed by atoms with Crippen molar-refractivity contribution >= 4 is 44.9 Å². The van der Waals surface area contributed by atoms with Crippen LogP contribution in [0.5, 0.6) is 0 Å². The van der Waals surface area contributed by atoms with Crippen LogP contribution in [0.4, 0.5) is 5.82 Å². The van der Waals surface area contributed by atoms with Gasteiger partial charge < -0.3 is 0 Å². The lowest BCUT2D eigenvalue weighted by Gasteiger charge is -2.06. The largest absolute Gasteiger partial charge is 0.271 e. The number of halogens is 1. The van der Waals surface area contributed by atoms with Gasteiger partial charge in [-0.1, -0.05) is 54.1 Å². The first-order valence-electron chi connectivity index (χ1n) is 6.39. The highest BCUT2D eigenvalue weighted by molar-refractivity contribution is 9.15. The van der Waals surface area contributed by atoms with E-state index in [9.17, 15) is 0 Å². The second-order valence-corrected chi connectivity index (χ2v) is 5.85. The molecule has 0 N–H and O–H groups in total. The molecule has 0 aliphatic heterocycles. The van der Waals surface area contributed by atoms with Gasteiger partial charge in [-0.25, -0.2) is 4.99 Å². The molecule has 4 heteroatoms. The maximum atomic E-state index is 4.07. The highest BCUT2D eigenvalue weighted by Crippen LogP contribution is 2.35. The summed E-state index contributed by atoms with van der Waals surface area (Å²) in [5.41, 5.74) is 2.22. The molecule has 2 rings (SSSR count). The van der Waals surface area contributed by atoms with Gasteiger partial charge in [0.1, 0.15) is 0 Å². The summed E-state index contributed by atoms with van der Waals surface area (Å²) in [4.78, 5) is 5.23. The van der Waals surface area contributed by atoms with E-state index in [0.29, 0.717) is 0 Å². The molecule has 0 aliphatic rings. The Bertz CT molecular complexity index is 585. The average Bonchev–Trinajstić information content (AvgIpc) is 2.86. The van der Waals surface area contributed by atoms with Crippen molar-refractivity contribution in [3.63, 3.8) is 0 Å². The van der Waals surface area contributed by atoms with Crippen molar-refractivity contribution in [3.05, 3.63) is 54.2 Å². The molecule has 0 bridgehead atoms. The molecule has 0 unspecified atom stereocenters. The predicted octanol–water partition coefficient (Wildman–Crippen LogP) is 6.08. The molecule has 106 valence electrons. The van der Waals surface area contributed by atoms with Crippen molar-refractivity contribution in [2.75, 3.05) is 0 Å². The number of nitrogens with zero attached hydrogens (tertiary/aromatic N) is 2. The van der Waals surface area contributed by atoms with Crippen molar-refractivity contribution in [2.45, 2.75) is 25.7 Å². The molecule has 0 fully saturated rings. The van der Waals surface area contributed by atoms with Crippen LogP contribution in [0.25, 0.3) is 4.48 Å². The van der Waals surface area contributed by atoms with Gasteiger partial charge >= 0.3 is 0 Å². The van der Waals surface area contributed by atoms with E-state index in [0.717, 1.165) is 20.8 Å². The van der Waals surface area contributed by atoms with E-state index < -0.39 is 0 Å². The van der Waals surface area contributed by atoms with Gasteiger partial charge in [0, 0.05) is 21.1 Å². The fourth-order valence-electron chi connectivity index (χ4n) is 1.56. The summed E-state index contributed by atoms with van der Waals surface area (Å²) in [5.74, 6) is 0.808. The predicted molar refractivity (Wildman–Crippen MR) is 95.4 cm³/mol. The molecule has 20 heavy (non-hydrogen) atoms. The van der Waals surface area contributed by atoms with Crippen LogP contribution in [0.2, 0.25) is 0 Å². The lowest BCUT2D eigenvalue weighted by Crippen LogP contribution is -1.84. The Labute approximate surface area is 133 Å². The maximum Gasteiger partial charge on any atom is 0.150 e. The van der Waals surface area contributed by atoms with Gasteiger partial charge in [-0.2, -0.15) is 0 Å². The lowest BCUT2D eigenvalue weighted by molar-refractivity contribution is 1.23. The molecule has 0 saturated heterocycles. The molecule has 0 radical (unpaired) electrons. The van der Waals surface area contributed by atoms with Gasteiger partial charge in [0.15, 0.2) is 5.82 Å². The summed E-state index contributed by atoms with van der Waals surface area (Å²) in [6, 6.07) is 10.3. The van der Waals surface area contributed by atoms with Gasteiger partial charge in [0.05, 0.1) is 0 Å². The van der Waals surface area contributed by atoms with E-state index >= 15 is 0 Å². The second kappa shape index (κ2) is 8.12. The lowest BCUT2D eigenvalue weighted by atomic mass is 10.2. The summed E-state index contributed by atoms with van der Waals surface area (Å²) < 4.78 is 2.80. The number of aliphatic imine (C=N–C) groups is 1. The Morgan fingerprint density at radius 1 is 1.20 bits per heavy atom. The Morgan fingerprint density at radius 2 is 1.80 bits per heavy atom. The van der Waals surface area contributed by atoms with E-state index in [1.54, 1.807) is 11.9 Å². The first-order valence-corrected chi connectivity index (χ1v) is 7.96. The van der Waals surface area contributed by atoms with Crippen molar-refractivity contribution in [2.24, 2.45) is 4.99 Å². The quantitative estimate of drug-likeness (QED) is 0.611. The maximum absolute atomic E-state index is 4.07. The van der Waals surface area contributed by atoms with Gasteiger partial charge in [0.2, 0.25) is 0 Å². The van der Waals surface area contributed by atoms with E-state index in [1.165, 1.54) is 5.56 Å². The first-order chi connectivity index (χ1) is 9.61. The molecule has 1 aromatic heterocycles. The van der Waals surface area contributed by atoms with Crippen molar-refractivity contribution in [1.82, 2.24) is 3.97 Å². The number of hydrogen-bond donors (Lipinski definition) is 0. The minimum Gasteiger partial charge on any atom is -0.271 e. The van der Waals surface area contributed by atoms with Crippen LogP contribution in [0, 0.1) is 6.92 Å². The van der Waals surface area contributed by atoms with E-state index in [1.807, 2.05) is 30.1 Å². The molecule has 0 atom stereocenters. The zero-order valence-electron chi connectivity index (χ0n) is 12.1. The third kappa shape index (κ3) is 4.12. The zero-order valence-corrected chi connectivity index (χ0v) is 14.5. The summed E-state index contributed by atoms with van der Waals surface area (Å²) in [7, 11) is 0. The molecule has 0 saturated carbocycles. The van der Waals surface area contributed by atoms with E-state index in [2.05, 4.69) is 65.4 Å². The Hall–Kier alpha value is -1.26. The normalized spacial score (nSPS) is 9.60. The molecule has 0 aliphatic carbocycles. The van der Waals surface area contributed by atoms with Crippen LogP contribution in [0.3, 0.4) is 0 Å². The Morgan fingerprint density at radius 3 is 2.30 bits per heavy atom. The Kier molecular flexibility index (Phi) is 6.82. The monoisotopic (exact) mass is 350 g/mol. The zero-order chi connectivity index (χ0) is 15.1. The Balaban J connectivity index is 0.000000956. The van der Waals surface area contributed by atoms with E-state index in [4.69, 9.17) is 0 Å². The van der Waals surface area contributed by atoms with Crippen LogP contribution in [0.15, 0.2) is 53.0 Å². The summed E-state index contributed by atoms with van der Waals surface area (Å²) >= 11 is 4.98. The van der Waals surface area contributed by atoms with Crippen molar-refractivity contribution in [3.8, 4) is 0 Å². The average molecular weight is 351 g/mol. The number of aryl methyl sites for hydroxylation is 1. The molecular weight excluding hydrogens is 332 g/mol. The van der Waals surface area contributed by atoms with Crippen LogP contribution >= 0.6 is 27.9 Å². The smallest absolute Gasteiger partial charge is 0.150 e. The van der Waals surface area contributed by atoms with Crippen LogP contribution in [-0.2, 0) is 0 Å². The van der Waals surface area contributed by atoms with Crippen molar-refractivity contribution < 1.29 is 0 Å². The highest BCUT2D eigenvalue weighted by Gasteiger charge is 2.10. The van der Waals surface area contributed by atoms with Gasteiger partial charge in [0.25, 0.3) is 0 Å². The third-order valence-electron chi connectivity index (χ3n) is 2.49. The minimum absolute atomic E-state index is 0.808. The molecule has 0 spiro atoms. The van der Waals surface area contributed by atoms with E-state index in [-0.39, 0.29) is 0 Å². The second-order valence-electron chi connectivity index (χ2n) is 3.85. The molecule has 1 aromatic carbocycles. The van der Waals surface area contributed by atoms with Crippen LogP contribution in [-0.4, -0.2) is 10.7 Å². The highest BCUT2D eigenvalue weighted by atomic mass is 79.9. The van der Waals surface area contributed by atoms with Crippen LogP contribution < -0.4 is 0 Å².